The second-order valence-electron chi connectivity index (χ2n) is 5.87. The van der Waals surface area contributed by atoms with E-state index >= 15 is 0 Å². The van der Waals surface area contributed by atoms with Gasteiger partial charge in [-0.25, -0.2) is 0 Å². The van der Waals surface area contributed by atoms with E-state index in [0.29, 0.717) is 5.69 Å². The lowest BCUT2D eigenvalue weighted by Crippen LogP contribution is -2.19. The maximum absolute atomic E-state index is 11.4. The smallest absolute Gasteiger partial charge is 0.379 e. The number of alkyl halides is 3. The molecule has 0 radical (unpaired) electrons. The van der Waals surface area contributed by atoms with Crippen LogP contribution in [-0.2, 0) is 4.79 Å². The minimum atomic E-state index is -3.67. The summed E-state index contributed by atoms with van der Waals surface area (Å²) in [6, 6.07) is 7.78. The Kier molecular flexibility index (Phi) is 10.7. The van der Waals surface area contributed by atoms with E-state index < -0.39 is 6.68 Å². The lowest BCUT2D eigenvalue weighted by molar-refractivity contribution is -0.111. The van der Waals surface area contributed by atoms with Crippen molar-refractivity contribution in [2.24, 2.45) is 0 Å². The van der Waals surface area contributed by atoms with Crippen molar-refractivity contribution in [2.45, 2.75) is 58.7 Å². The summed E-state index contributed by atoms with van der Waals surface area (Å²) in [7, 11) is 0. The molecule has 1 aromatic carbocycles. The molecule has 1 N–H and O–H groups in total. The van der Waals surface area contributed by atoms with E-state index in [0.717, 1.165) is 29.5 Å². The number of benzene rings is 1. The highest BCUT2D eigenvalue weighted by Gasteiger charge is 2.16. The third-order valence-corrected chi connectivity index (χ3v) is 3.98. The molecule has 1 aromatic heterocycles. The lowest BCUT2D eigenvalue weighted by atomic mass is 9.98. The van der Waals surface area contributed by atoms with Gasteiger partial charge in [0.1, 0.15) is 5.75 Å². The Morgan fingerprint density at radius 3 is 2.50 bits per heavy atom. The van der Waals surface area contributed by atoms with Crippen molar-refractivity contribution < 1.29 is 22.7 Å². The van der Waals surface area contributed by atoms with Gasteiger partial charge in [0.25, 0.3) is 0 Å². The third-order valence-electron chi connectivity index (χ3n) is 3.98. The highest BCUT2D eigenvalue weighted by Crippen LogP contribution is 2.30. The van der Waals surface area contributed by atoms with Crippen LogP contribution in [0.25, 0.3) is 10.9 Å². The van der Waals surface area contributed by atoms with Gasteiger partial charge < -0.3 is 10.1 Å². The molecule has 2 aromatic rings. The van der Waals surface area contributed by atoms with E-state index in [4.69, 9.17) is 4.74 Å². The van der Waals surface area contributed by atoms with Gasteiger partial charge in [0.05, 0.1) is 23.5 Å². The topological polar surface area (TPSA) is 51.2 Å². The number of pyridine rings is 1. The molecular weight excluding hydrogens is 369 g/mol. The Balaban J connectivity index is 0.000000583. The number of nitrogens with one attached hydrogen (secondary N) is 1. The van der Waals surface area contributed by atoms with Crippen LogP contribution in [-0.4, -0.2) is 23.7 Å². The summed E-state index contributed by atoms with van der Waals surface area (Å²) < 4.78 is 35.2. The summed E-state index contributed by atoms with van der Waals surface area (Å²) in [6.45, 7) is 3.79. The van der Waals surface area contributed by atoms with Gasteiger partial charge >= 0.3 is 6.68 Å². The van der Waals surface area contributed by atoms with Gasteiger partial charge in [-0.3, -0.25) is 9.78 Å². The molecule has 1 saturated carbocycles. The van der Waals surface area contributed by atoms with Crippen molar-refractivity contribution in [1.29, 1.82) is 0 Å². The first-order valence-corrected chi connectivity index (χ1v) is 9.40. The Morgan fingerprint density at radius 2 is 1.89 bits per heavy atom. The normalized spacial score (nSPS) is 13.6. The first-order chi connectivity index (χ1) is 13.5. The summed E-state index contributed by atoms with van der Waals surface area (Å²) in [5.41, 5.74) is 1.52. The number of halogens is 3. The predicted octanol–water partition coefficient (Wildman–Crippen LogP) is 6.28. The largest absolute Gasteiger partial charge is 0.490 e. The number of aromatic nitrogens is 1. The molecular formula is C21H27F3N2O2. The fourth-order valence-corrected chi connectivity index (χ4v) is 2.85. The van der Waals surface area contributed by atoms with Gasteiger partial charge in [-0.1, -0.05) is 32.9 Å². The van der Waals surface area contributed by atoms with Crippen LogP contribution in [0.3, 0.4) is 0 Å². The molecule has 4 nitrogen and oxygen atoms in total. The summed E-state index contributed by atoms with van der Waals surface area (Å²) in [4.78, 5) is 15.8. The van der Waals surface area contributed by atoms with Crippen LogP contribution in [0.4, 0.5) is 18.9 Å². The second kappa shape index (κ2) is 12.8. The third kappa shape index (κ3) is 7.98. The van der Waals surface area contributed by atoms with E-state index in [9.17, 15) is 18.0 Å². The first kappa shape index (κ1) is 23.5. The zero-order valence-corrected chi connectivity index (χ0v) is 16.3. The Labute approximate surface area is 163 Å². The van der Waals surface area contributed by atoms with Crippen LogP contribution in [0.5, 0.6) is 5.75 Å². The molecule has 1 heterocycles. The van der Waals surface area contributed by atoms with Gasteiger partial charge in [0.15, 0.2) is 0 Å². The fourth-order valence-electron chi connectivity index (χ4n) is 2.85. The Bertz CT molecular complexity index is 745. The van der Waals surface area contributed by atoms with E-state index in [1.165, 1.54) is 25.3 Å². The van der Waals surface area contributed by atoms with Crippen molar-refractivity contribution >= 4 is 22.5 Å². The summed E-state index contributed by atoms with van der Waals surface area (Å²) in [5.74, 6) is 0.596. The van der Waals surface area contributed by atoms with Gasteiger partial charge in [0, 0.05) is 5.39 Å². The first-order valence-electron chi connectivity index (χ1n) is 9.40. The fraction of sp³-hybridized carbons (Fsp3) is 0.429. The monoisotopic (exact) mass is 396 g/mol. The quantitative estimate of drug-likeness (QED) is 0.619. The number of nitrogens with zero attached hydrogens (tertiary/aromatic N) is 1. The molecule has 154 valence electrons. The van der Waals surface area contributed by atoms with E-state index in [1.807, 2.05) is 38.1 Å². The van der Waals surface area contributed by atoms with Gasteiger partial charge in [-0.05, 0) is 50.0 Å². The molecule has 1 aliphatic carbocycles. The zero-order valence-electron chi connectivity index (χ0n) is 16.3. The number of ether oxygens (including phenoxy) is 1. The van der Waals surface area contributed by atoms with E-state index in [1.54, 1.807) is 6.20 Å². The molecule has 0 atom stereocenters. The molecule has 0 bridgehead atoms. The zero-order chi connectivity index (χ0) is 20.9. The Hall–Kier alpha value is -2.57. The van der Waals surface area contributed by atoms with Gasteiger partial charge in [0.2, 0.25) is 5.91 Å². The molecule has 0 aliphatic heterocycles. The van der Waals surface area contributed by atoms with E-state index in [-0.39, 0.29) is 12.0 Å². The van der Waals surface area contributed by atoms with Crippen LogP contribution < -0.4 is 10.1 Å². The number of hydrogen-bond acceptors (Lipinski definition) is 3. The second-order valence-corrected chi connectivity index (χ2v) is 5.87. The molecule has 0 spiro atoms. The van der Waals surface area contributed by atoms with Gasteiger partial charge in [-0.2, -0.15) is 13.2 Å². The van der Waals surface area contributed by atoms with Crippen molar-refractivity contribution in [3.8, 4) is 5.75 Å². The Morgan fingerprint density at radius 1 is 1.25 bits per heavy atom. The molecule has 0 unspecified atom stereocenters. The molecule has 1 amide bonds. The average molecular weight is 396 g/mol. The number of amides is 1. The summed E-state index contributed by atoms with van der Waals surface area (Å²) in [5, 5.41) is 3.67. The number of hydrogen-bond donors (Lipinski definition) is 1. The number of rotatable bonds is 4. The lowest BCUT2D eigenvalue weighted by Gasteiger charge is -2.23. The maximum Gasteiger partial charge on any atom is 0.379 e. The molecule has 28 heavy (non-hydrogen) atoms. The van der Waals surface area contributed by atoms with Crippen molar-refractivity contribution in [2.75, 3.05) is 5.32 Å². The molecule has 7 heteroatoms. The predicted molar refractivity (Wildman–Crippen MR) is 107 cm³/mol. The summed E-state index contributed by atoms with van der Waals surface area (Å²) in [6.07, 6.45) is 9.15. The van der Waals surface area contributed by atoms with Crippen molar-refractivity contribution in [1.82, 2.24) is 4.98 Å². The SMILES string of the molecule is C=CC(=O)Nc1cnc2cccc(OC3CCCCC3)c2c1.CC.FC(F)F. The standard InChI is InChI=1S/C18H20N2O2.C2H6.CHF3/c1-2-18(21)20-13-11-15-16(19-12-13)9-6-10-17(15)22-14-7-4-3-5-8-14;1-2;2-1(3)4/h2,6,9-12,14H,1,3-5,7-8H2,(H,20,21);1-2H3;1H. The molecule has 0 saturated heterocycles. The number of carbonyl (C=O) groups is 1. The van der Waals surface area contributed by atoms with Crippen molar-refractivity contribution in [3.63, 3.8) is 0 Å². The molecule has 3 rings (SSSR count). The maximum atomic E-state index is 11.4. The van der Waals surface area contributed by atoms with Crippen molar-refractivity contribution in [3.05, 3.63) is 43.1 Å². The summed E-state index contributed by atoms with van der Waals surface area (Å²) >= 11 is 0. The van der Waals surface area contributed by atoms with Crippen LogP contribution in [0.2, 0.25) is 0 Å². The number of carbonyl (C=O) groups excluding carboxylic acids is 1. The number of anilines is 1. The molecule has 1 fully saturated rings. The minimum absolute atomic E-state index is 0.244. The highest BCUT2D eigenvalue weighted by molar-refractivity contribution is 6.00. The highest BCUT2D eigenvalue weighted by atomic mass is 19.4. The van der Waals surface area contributed by atoms with E-state index in [2.05, 4.69) is 16.9 Å². The minimum Gasteiger partial charge on any atom is -0.490 e. The number of fused-ring (bicyclic) bond motifs is 1. The van der Waals surface area contributed by atoms with Crippen LogP contribution in [0.15, 0.2) is 43.1 Å². The average Bonchev–Trinajstić information content (AvgIpc) is 2.70. The molecule has 1 aliphatic rings. The van der Waals surface area contributed by atoms with Gasteiger partial charge in [-0.15, -0.1) is 0 Å². The van der Waals surface area contributed by atoms with Crippen LogP contribution >= 0.6 is 0 Å². The van der Waals surface area contributed by atoms with Crippen LogP contribution in [0, 0.1) is 0 Å². The van der Waals surface area contributed by atoms with Crippen LogP contribution in [0.1, 0.15) is 46.0 Å².